The molecule has 0 atom stereocenters. The van der Waals surface area contributed by atoms with Crippen LogP contribution in [0.3, 0.4) is 0 Å². The maximum absolute atomic E-state index is 12.4. The van der Waals surface area contributed by atoms with Gasteiger partial charge < -0.3 is 9.47 Å². The number of aliphatic imine (C=N–C) groups is 1. The van der Waals surface area contributed by atoms with Gasteiger partial charge in [0, 0.05) is 5.56 Å². The zero-order valence-corrected chi connectivity index (χ0v) is 21.3. The van der Waals surface area contributed by atoms with Gasteiger partial charge in [0.15, 0.2) is 5.70 Å². The molecule has 31 heavy (non-hydrogen) atoms. The van der Waals surface area contributed by atoms with Gasteiger partial charge in [0.2, 0.25) is 5.90 Å². The number of rotatable bonds is 5. The van der Waals surface area contributed by atoms with E-state index in [0.717, 1.165) is 35.1 Å². The van der Waals surface area contributed by atoms with Gasteiger partial charge in [0.05, 0.1) is 7.14 Å². The summed E-state index contributed by atoms with van der Waals surface area (Å²) in [4.78, 5) is 16.8. The van der Waals surface area contributed by atoms with E-state index in [1.807, 2.05) is 55.5 Å². The van der Waals surface area contributed by atoms with E-state index >= 15 is 0 Å². The molecule has 0 aromatic heterocycles. The molecule has 3 aromatic rings. The molecule has 1 heterocycles. The third kappa shape index (κ3) is 5.01. The summed E-state index contributed by atoms with van der Waals surface area (Å²) in [6.45, 7) is 4.56. The first-order valence-corrected chi connectivity index (χ1v) is 11.8. The molecule has 0 saturated heterocycles. The number of hydrogen-bond acceptors (Lipinski definition) is 4. The highest BCUT2D eigenvalue weighted by molar-refractivity contribution is 14.1. The number of esters is 1. The van der Waals surface area contributed by atoms with Gasteiger partial charge in [-0.25, -0.2) is 9.79 Å². The summed E-state index contributed by atoms with van der Waals surface area (Å²) >= 11 is 4.52. The molecule has 1 aliphatic rings. The first-order valence-electron chi connectivity index (χ1n) is 9.67. The molecule has 156 valence electrons. The second-order valence-corrected chi connectivity index (χ2v) is 9.50. The van der Waals surface area contributed by atoms with Crippen LogP contribution in [0.25, 0.3) is 6.08 Å². The third-order valence-corrected chi connectivity index (χ3v) is 6.56. The Bertz CT molecular complexity index is 1210. The zero-order chi connectivity index (χ0) is 22.0. The van der Waals surface area contributed by atoms with E-state index in [4.69, 9.17) is 9.47 Å². The lowest BCUT2D eigenvalue weighted by Gasteiger charge is -2.13. The molecule has 6 heteroatoms. The largest absolute Gasteiger partial charge is 0.487 e. The van der Waals surface area contributed by atoms with Gasteiger partial charge in [0.1, 0.15) is 12.4 Å². The molecule has 0 N–H and O–H groups in total. The molecule has 0 saturated carbocycles. The Morgan fingerprint density at radius 1 is 0.968 bits per heavy atom. The molecular formula is C25H19I2NO3. The predicted octanol–water partition coefficient (Wildman–Crippen LogP) is 6.44. The van der Waals surface area contributed by atoms with Crippen molar-refractivity contribution < 1.29 is 14.3 Å². The van der Waals surface area contributed by atoms with Crippen LogP contribution in [0, 0.1) is 21.0 Å². The summed E-state index contributed by atoms with van der Waals surface area (Å²) in [6.07, 6.45) is 1.75. The number of carbonyl (C=O) groups is 1. The van der Waals surface area contributed by atoms with E-state index in [0.29, 0.717) is 18.2 Å². The fourth-order valence-corrected chi connectivity index (χ4v) is 5.35. The molecule has 4 nitrogen and oxygen atoms in total. The number of ether oxygens (including phenoxy) is 2. The van der Waals surface area contributed by atoms with Gasteiger partial charge in [-0.1, -0.05) is 42.5 Å². The van der Waals surface area contributed by atoms with E-state index in [1.165, 1.54) is 5.56 Å². The van der Waals surface area contributed by atoms with Crippen molar-refractivity contribution in [3.8, 4) is 5.75 Å². The van der Waals surface area contributed by atoms with Gasteiger partial charge in [-0.15, -0.1) is 0 Å². The SMILES string of the molecule is Cc1ccccc1COc1c(I)cc(/C=C2\N=C(c3ccccc3C)OC2=O)cc1I. The maximum atomic E-state index is 12.4. The molecule has 1 aliphatic heterocycles. The van der Waals surface area contributed by atoms with Gasteiger partial charge in [0.25, 0.3) is 0 Å². The van der Waals surface area contributed by atoms with Gasteiger partial charge in [-0.05, 0) is 106 Å². The van der Waals surface area contributed by atoms with Crippen LogP contribution in [0.5, 0.6) is 5.75 Å². The van der Waals surface area contributed by atoms with Crippen LogP contribution in [0.15, 0.2) is 71.4 Å². The van der Waals surface area contributed by atoms with Crippen LogP contribution in [-0.2, 0) is 16.1 Å². The van der Waals surface area contributed by atoms with Crippen LogP contribution in [0.4, 0.5) is 0 Å². The molecule has 0 amide bonds. The quantitative estimate of drug-likeness (QED) is 0.185. The normalized spacial score (nSPS) is 14.5. The summed E-state index contributed by atoms with van der Waals surface area (Å²) in [6, 6.07) is 19.9. The minimum Gasteiger partial charge on any atom is -0.487 e. The smallest absolute Gasteiger partial charge is 0.363 e. The van der Waals surface area contributed by atoms with Crippen molar-refractivity contribution >= 4 is 63.1 Å². The second kappa shape index (κ2) is 9.52. The zero-order valence-electron chi connectivity index (χ0n) is 17.0. The fraction of sp³-hybridized carbons (Fsp3) is 0.120. The molecule has 3 aromatic carbocycles. The Morgan fingerprint density at radius 2 is 1.61 bits per heavy atom. The highest BCUT2D eigenvalue weighted by atomic mass is 127. The Morgan fingerprint density at radius 3 is 2.29 bits per heavy atom. The van der Waals surface area contributed by atoms with Crippen molar-refractivity contribution in [1.82, 2.24) is 0 Å². The lowest BCUT2D eigenvalue weighted by molar-refractivity contribution is -0.129. The van der Waals surface area contributed by atoms with Crippen LogP contribution in [0.2, 0.25) is 0 Å². The van der Waals surface area contributed by atoms with Crippen molar-refractivity contribution in [2.24, 2.45) is 4.99 Å². The van der Waals surface area contributed by atoms with Gasteiger partial charge in [-0.3, -0.25) is 0 Å². The van der Waals surface area contributed by atoms with Crippen LogP contribution in [0.1, 0.15) is 27.8 Å². The van der Waals surface area contributed by atoms with Crippen LogP contribution >= 0.6 is 45.2 Å². The molecule has 0 fully saturated rings. The third-order valence-electron chi connectivity index (χ3n) is 4.95. The number of nitrogens with zero attached hydrogens (tertiary/aromatic N) is 1. The van der Waals surface area contributed by atoms with Crippen molar-refractivity contribution in [2.45, 2.75) is 20.5 Å². The lowest BCUT2D eigenvalue weighted by atomic mass is 10.1. The fourth-order valence-electron chi connectivity index (χ4n) is 3.22. The number of aryl methyl sites for hydroxylation is 2. The Labute approximate surface area is 208 Å². The average molecular weight is 635 g/mol. The number of cyclic esters (lactones) is 1. The van der Waals surface area contributed by atoms with E-state index in [-0.39, 0.29) is 0 Å². The highest BCUT2D eigenvalue weighted by Gasteiger charge is 2.25. The molecule has 0 aliphatic carbocycles. The first-order chi connectivity index (χ1) is 14.9. The second-order valence-electron chi connectivity index (χ2n) is 7.18. The molecule has 0 radical (unpaired) electrons. The Balaban J connectivity index is 1.58. The Kier molecular flexibility index (Phi) is 6.76. The summed E-state index contributed by atoms with van der Waals surface area (Å²) < 4.78 is 13.5. The minimum absolute atomic E-state index is 0.290. The first kappa shape index (κ1) is 22.0. The molecular weight excluding hydrogens is 616 g/mol. The van der Waals surface area contributed by atoms with Crippen LogP contribution < -0.4 is 4.74 Å². The van der Waals surface area contributed by atoms with Crippen LogP contribution in [-0.4, -0.2) is 11.9 Å². The minimum atomic E-state index is -0.442. The molecule has 0 spiro atoms. The van der Waals surface area contributed by atoms with Gasteiger partial charge in [-0.2, -0.15) is 0 Å². The summed E-state index contributed by atoms with van der Waals surface area (Å²) in [5, 5.41) is 0. The number of halogens is 2. The average Bonchev–Trinajstić information content (AvgIpc) is 3.09. The highest BCUT2D eigenvalue weighted by Crippen LogP contribution is 2.31. The molecule has 0 bridgehead atoms. The molecule has 0 unspecified atom stereocenters. The molecule has 4 rings (SSSR count). The number of benzene rings is 3. The van der Waals surface area contributed by atoms with Crippen molar-refractivity contribution in [1.29, 1.82) is 0 Å². The summed E-state index contributed by atoms with van der Waals surface area (Å²) in [5.74, 6) is 0.741. The van der Waals surface area contributed by atoms with Crippen molar-refractivity contribution in [3.63, 3.8) is 0 Å². The van der Waals surface area contributed by atoms with Crippen molar-refractivity contribution in [2.75, 3.05) is 0 Å². The predicted molar refractivity (Wildman–Crippen MR) is 139 cm³/mol. The Hall–Kier alpha value is -2.20. The van der Waals surface area contributed by atoms with E-state index in [9.17, 15) is 4.79 Å². The lowest BCUT2D eigenvalue weighted by Crippen LogP contribution is -2.06. The monoisotopic (exact) mass is 635 g/mol. The maximum Gasteiger partial charge on any atom is 0.363 e. The summed E-state index contributed by atoms with van der Waals surface area (Å²) in [7, 11) is 0. The van der Waals surface area contributed by atoms with E-state index < -0.39 is 5.97 Å². The van der Waals surface area contributed by atoms with Gasteiger partial charge >= 0.3 is 5.97 Å². The number of carbonyl (C=O) groups excluding carboxylic acids is 1. The topological polar surface area (TPSA) is 47.9 Å². The van der Waals surface area contributed by atoms with Crippen molar-refractivity contribution in [3.05, 3.63) is 101 Å². The standard InChI is InChI=1S/C25H19I2NO3/c1-15-7-3-5-9-18(15)14-30-23-20(26)11-17(12-21(23)27)13-22-25(29)31-24(28-22)19-10-6-4-8-16(19)2/h3-13H,14H2,1-2H3/b22-13-. The number of hydrogen-bond donors (Lipinski definition) is 0. The van der Waals surface area contributed by atoms with E-state index in [1.54, 1.807) is 6.08 Å². The summed E-state index contributed by atoms with van der Waals surface area (Å²) in [5.41, 5.74) is 5.36. The van der Waals surface area contributed by atoms with E-state index in [2.05, 4.69) is 69.2 Å².